The van der Waals surface area contributed by atoms with Crippen molar-refractivity contribution in [2.45, 2.75) is 27.7 Å². The Morgan fingerprint density at radius 1 is 0.625 bits per heavy atom. The topological polar surface area (TPSA) is 52.6 Å². The Hall–Kier alpha value is -2.88. The van der Waals surface area contributed by atoms with Crippen molar-refractivity contribution in [3.8, 4) is 0 Å². The van der Waals surface area contributed by atoms with Gasteiger partial charge in [0.05, 0.1) is 0 Å². The molecule has 124 valence electrons. The highest BCUT2D eigenvalue weighted by Crippen LogP contribution is 2.29. The van der Waals surface area contributed by atoms with Gasteiger partial charge in [-0.25, -0.2) is 0 Å². The maximum Gasteiger partial charge on any atom is 0.308 e. The molecule has 4 heteroatoms. The van der Waals surface area contributed by atoms with Crippen molar-refractivity contribution >= 4 is 23.5 Å². The molecule has 0 unspecified atom stereocenters. The molecular weight excluding hydrogens is 304 g/mol. The van der Waals surface area contributed by atoms with Crippen LogP contribution in [0.2, 0.25) is 0 Å². The van der Waals surface area contributed by atoms with Crippen LogP contribution in [0.15, 0.2) is 48.5 Å². The first-order valence-electron chi connectivity index (χ1n) is 7.62. The van der Waals surface area contributed by atoms with Crippen LogP contribution in [0, 0.1) is 13.8 Å². The summed E-state index contributed by atoms with van der Waals surface area (Å²) < 4.78 is 10.8. The van der Waals surface area contributed by atoms with Crippen LogP contribution in [0.4, 0.5) is 0 Å². The van der Waals surface area contributed by atoms with Gasteiger partial charge in [-0.05, 0) is 13.8 Å². The van der Waals surface area contributed by atoms with Gasteiger partial charge >= 0.3 is 11.9 Å². The summed E-state index contributed by atoms with van der Waals surface area (Å²) in [5.41, 5.74) is 3.47. The quantitative estimate of drug-likeness (QED) is 0.479. The Labute approximate surface area is 141 Å². The molecule has 2 rings (SSSR count). The highest BCUT2D eigenvalue weighted by molar-refractivity contribution is 5.92. The van der Waals surface area contributed by atoms with Crippen LogP contribution in [-0.2, 0) is 19.1 Å². The van der Waals surface area contributed by atoms with Crippen LogP contribution >= 0.6 is 0 Å². The Bertz CT molecular complexity index is 701. The van der Waals surface area contributed by atoms with Gasteiger partial charge in [0.2, 0.25) is 0 Å². The maximum atomic E-state index is 11.6. The summed E-state index contributed by atoms with van der Waals surface area (Å²) in [6.45, 7) is 6.56. The maximum absolute atomic E-state index is 11.6. The van der Waals surface area contributed by atoms with E-state index in [1.54, 1.807) is 0 Å². The molecule has 0 aliphatic rings. The van der Waals surface area contributed by atoms with E-state index < -0.39 is 11.9 Å². The standard InChI is InChI=1S/C20H20O4/c1-13-5-9-17(10-6-13)19(23-15(3)21)20(24-16(4)22)18-11-7-14(2)8-12-18/h5-12H,1-4H3. The molecule has 2 aromatic carbocycles. The molecule has 4 nitrogen and oxygen atoms in total. The highest BCUT2D eigenvalue weighted by atomic mass is 16.6. The van der Waals surface area contributed by atoms with Crippen molar-refractivity contribution in [2.24, 2.45) is 0 Å². The van der Waals surface area contributed by atoms with Crippen molar-refractivity contribution in [3.05, 3.63) is 70.8 Å². The third-order valence-corrected chi connectivity index (χ3v) is 3.33. The lowest BCUT2D eigenvalue weighted by molar-refractivity contribution is -0.136. The molecule has 0 spiro atoms. The van der Waals surface area contributed by atoms with Gasteiger partial charge in [0.1, 0.15) is 0 Å². The van der Waals surface area contributed by atoms with Gasteiger partial charge in [0.15, 0.2) is 11.5 Å². The van der Waals surface area contributed by atoms with Crippen LogP contribution in [0.25, 0.3) is 11.5 Å². The summed E-state index contributed by atoms with van der Waals surface area (Å²) in [5, 5.41) is 0. The molecule has 0 aromatic heterocycles. The molecule has 0 bridgehead atoms. The number of benzene rings is 2. The molecule has 0 amide bonds. The van der Waals surface area contributed by atoms with Crippen molar-refractivity contribution in [2.75, 3.05) is 0 Å². The summed E-state index contributed by atoms with van der Waals surface area (Å²) in [5.74, 6) is -0.521. The molecule has 0 saturated heterocycles. The van der Waals surface area contributed by atoms with E-state index in [4.69, 9.17) is 9.47 Å². The predicted octanol–water partition coefficient (Wildman–Crippen LogP) is 4.26. The first kappa shape index (κ1) is 17.5. The van der Waals surface area contributed by atoms with Gasteiger partial charge in [-0.3, -0.25) is 9.59 Å². The third-order valence-electron chi connectivity index (χ3n) is 3.33. The largest absolute Gasteiger partial charge is 0.422 e. The molecule has 0 fully saturated rings. The SMILES string of the molecule is CC(=O)OC(=C(OC(C)=O)c1ccc(C)cc1)c1ccc(C)cc1. The molecule has 24 heavy (non-hydrogen) atoms. The second kappa shape index (κ2) is 7.59. The molecular formula is C20H20O4. The van der Waals surface area contributed by atoms with Crippen LogP contribution in [0.5, 0.6) is 0 Å². The summed E-state index contributed by atoms with van der Waals surface area (Å²) >= 11 is 0. The van der Waals surface area contributed by atoms with E-state index >= 15 is 0 Å². The van der Waals surface area contributed by atoms with Crippen molar-refractivity contribution in [1.82, 2.24) is 0 Å². The summed E-state index contributed by atoms with van der Waals surface area (Å²) in [6.07, 6.45) is 0. The predicted molar refractivity (Wildman–Crippen MR) is 92.7 cm³/mol. The molecule has 0 aliphatic carbocycles. The lowest BCUT2D eigenvalue weighted by atomic mass is 10.1. The minimum atomic E-state index is -0.484. The number of rotatable bonds is 4. The third kappa shape index (κ3) is 4.56. The molecule has 0 radical (unpaired) electrons. The lowest BCUT2D eigenvalue weighted by Gasteiger charge is -2.15. The average molecular weight is 324 g/mol. The normalized spacial score (nSPS) is 11.5. The zero-order chi connectivity index (χ0) is 17.7. The van der Waals surface area contributed by atoms with E-state index in [0.29, 0.717) is 11.1 Å². The van der Waals surface area contributed by atoms with E-state index in [2.05, 4.69) is 0 Å². The van der Waals surface area contributed by atoms with E-state index in [9.17, 15) is 9.59 Å². The zero-order valence-electron chi connectivity index (χ0n) is 14.3. The highest BCUT2D eigenvalue weighted by Gasteiger charge is 2.19. The van der Waals surface area contributed by atoms with Crippen LogP contribution in [-0.4, -0.2) is 11.9 Å². The molecule has 0 atom stereocenters. The fourth-order valence-electron chi connectivity index (χ4n) is 2.17. The number of hydrogen-bond donors (Lipinski definition) is 0. The number of carbonyl (C=O) groups is 2. The van der Waals surface area contributed by atoms with E-state index in [-0.39, 0.29) is 11.5 Å². The number of carbonyl (C=O) groups excluding carboxylic acids is 2. The molecule has 0 N–H and O–H groups in total. The van der Waals surface area contributed by atoms with Crippen LogP contribution in [0.3, 0.4) is 0 Å². The Morgan fingerprint density at radius 2 is 0.917 bits per heavy atom. The van der Waals surface area contributed by atoms with Gasteiger partial charge in [-0.2, -0.15) is 0 Å². The van der Waals surface area contributed by atoms with Gasteiger partial charge in [0, 0.05) is 25.0 Å². The average Bonchev–Trinajstić information content (AvgIpc) is 2.52. The molecule has 0 heterocycles. The fraction of sp³-hybridized carbons (Fsp3) is 0.200. The first-order chi connectivity index (χ1) is 11.4. The second-order valence-corrected chi connectivity index (χ2v) is 5.58. The van der Waals surface area contributed by atoms with E-state index in [1.807, 2.05) is 62.4 Å². The van der Waals surface area contributed by atoms with Gasteiger partial charge < -0.3 is 9.47 Å². The smallest absolute Gasteiger partial charge is 0.308 e. The van der Waals surface area contributed by atoms with Crippen molar-refractivity contribution < 1.29 is 19.1 Å². The number of aryl methyl sites for hydroxylation is 2. The first-order valence-corrected chi connectivity index (χ1v) is 7.62. The number of ether oxygens (including phenoxy) is 2. The Morgan fingerprint density at radius 3 is 1.17 bits per heavy atom. The van der Waals surface area contributed by atoms with Gasteiger partial charge in [-0.15, -0.1) is 0 Å². The number of esters is 2. The second-order valence-electron chi connectivity index (χ2n) is 5.58. The fourth-order valence-corrected chi connectivity index (χ4v) is 2.17. The van der Waals surface area contributed by atoms with Crippen molar-refractivity contribution in [1.29, 1.82) is 0 Å². The molecule has 0 saturated carbocycles. The Kier molecular flexibility index (Phi) is 5.53. The van der Waals surface area contributed by atoms with Crippen LogP contribution < -0.4 is 0 Å². The summed E-state index contributed by atoms with van der Waals surface area (Å²) in [6, 6.07) is 14.9. The summed E-state index contributed by atoms with van der Waals surface area (Å²) in [7, 11) is 0. The minimum absolute atomic E-state index is 0.224. The minimum Gasteiger partial charge on any atom is -0.422 e. The molecule has 2 aromatic rings. The van der Waals surface area contributed by atoms with Crippen molar-refractivity contribution in [3.63, 3.8) is 0 Å². The Balaban J connectivity index is 2.66. The van der Waals surface area contributed by atoms with E-state index in [0.717, 1.165) is 11.1 Å². The van der Waals surface area contributed by atoms with Gasteiger partial charge in [0.25, 0.3) is 0 Å². The van der Waals surface area contributed by atoms with E-state index in [1.165, 1.54) is 13.8 Å². The monoisotopic (exact) mass is 324 g/mol. The molecule has 0 aliphatic heterocycles. The zero-order valence-corrected chi connectivity index (χ0v) is 14.3. The van der Waals surface area contributed by atoms with Crippen LogP contribution in [0.1, 0.15) is 36.1 Å². The summed E-state index contributed by atoms with van der Waals surface area (Å²) in [4.78, 5) is 23.1. The lowest BCUT2D eigenvalue weighted by Crippen LogP contribution is -2.07. The van der Waals surface area contributed by atoms with Gasteiger partial charge in [-0.1, -0.05) is 59.7 Å². The number of hydrogen-bond acceptors (Lipinski definition) is 4.